The van der Waals surface area contributed by atoms with Crippen molar-refractivity contribution >= 4 is 23.8 Å². The van der Waals surface area contributed by atoms with Crippen LogP contribution in [0.2, 0.25) is 0 Å². The van der Waals surface area contributed by atoms with Crippen molar-refractivity contribution in [3.8, 4) is 0 Å². The molecule has 0 atom stereocenters. The number of piperidine rings is 1. The third kappa shape index (κ3) is 6.82. The van der Waals surface area contributed by atoms with Crippen LogP contribution in [0.4, 0.5) is 14.9 Å². The fourth-order valence-electron chi connectivity index (χ4n) is 3.22. The van der Waals surface area contributed by atoms with Crippen molar-refractivity contribution in [1.29, 1.82) is 0 Å². The lowest BCUT2D eigenvalue weighted by Crippen LogP contribution is -2.42. The Morgan fingerprint density at radius 2 is 1.97 bits per heavy atom. The molecule has 1 aromatic carbocycles. The zero-order chi connectivity index (χ0) is 22.5. The van der Waals surface area contributed by atoms with Gasteiger partial charge in [0.1, 0.15) is 11.4 Å². The van der Waals surface area contributed by atoms with E-state index in [4.69, 9.17) is 4.74 Å². The highest BCUT2D eigenvalue weighted by Crippen LogP contribution is 2.22. The molecule has 0 saturated carbocycles. The van der Waals surface area contributed by atoms with Crippen LogP contribution in [0.3, 0.4) is 0 Å². The van der Waals surface area contributed by atoms with Gasteiger partial charge in [-0.05, 0) is 57.7 Å². The average molecular weight is 421 g/mol. The minimum atomic E-state index is -0.705. The van der Waals surface area contributed by atoms with E-state index in [1.807, 2.05) is 20.8 Å². The number of nitro groups is 1. The summed E-state index contributed by atoms with van der Waals surface area (Å²) >= 11 is 0. The summed E-state index contributed by atoms with van der Waals surface area (Å²) in [5.74, 6) is -0.704. The lowest BCUT2D eigenvalue weighted by atomic mass is 9.96. The van der Waals surface area contributed by atoms with Crippen LogP contribution in [0.5, 0.6) is 0 Å². The third-order valence-electron chi connectivity index (χ3n) is 4.76. The Bertz CT molecular complexity index is 826. The summed E-state index contributed by atoms with van der Waals surface area (Å²) in [5.41, 5.74) is -0.765. The largest absolute Gasteiger partial charge is 0.444 e. The van der Waals surface area contributed by atoms with Gasteiger partial charge in [-0.1, -0.05) is 0 Å². The highest BCUT2D eigenvalue weighted by atomic mass is 19.1. The van der Waals surface area contributed by atoms with E-state index in [-0.39, 0.29) is 29.2 Å². The van der Waals surface area contributed by atoms with E-state index in [1.54, 1.807) is 16.8 Å². The molecule has 1 fully saturated rings. The summed E-state index contributed by atoms with van der Waals surface area (Å²) in [6.45, 7) is 7.06. The number of carbonyl (C=O) groups is 2. The van der Waals surface area contributed by atoms with Crippen LogP contribution in [0, 0.1) is 21.8 Å². The molecule has 0 aliphatic carbocycles. The highest BCUT2D eigenvalue weighted by molar-refractivity contribution is 5.92. The van der Waals surface area contributed by atoms with E-state index >= 15 is 0 Å². The zero-order valence-electron chi connectivity index (χ0n) is 17.8. The molecule has 1 heterocycles. The number of halogens is 1. The molecular weight excluding hydrogens is 393 g/mol. The predicted molar refractivity (Wildman–Crippen MR) is 110 cm³/mol. The average Bonchev–Trinajstić information content (AvgIpc) is 2.65. The van der Waals surface area contributed by atoms with Crippen LogP contribution in [0.25, 0.3) is 6.08 Å². The van der Waals surface area contributed by atoms with Crippen LogP contribution in [-0.4, -0.2) is 59.0 Å². The lowest BCUT2D eigenvalue weighted by molar-refractivity contribution is -0.385. The maximum absolute atomic E-state index is 13.2. The normalized spacial score (nSPS) is 15.3. The number of ether oxygens (including phenoxy) is 1. The summed E-state index contributed by atoms with van der Waals surface area (Å²) in [7, 11) is 1.70. The van der Waals surface area contributed by atoms with Gasteiger partial charge in [0.25, 0.3) is 5.69 Å². The van der Waals surface area contributed by atoms with Gasteiger partial charge in [-0.3, -0.25) is 14.9 Å². The molecule has 2 rings (SSSR count). The molecule has 164 valence electrons. The number of likely N-dealkylation sites (tertiary alicyclic amines) is 1. The van der Waals surface area contributed by atoms with Crippen LogP contribution >= 0.6 is 0 Å². The van der Waals surface area contributed by atoms with E-state index < -0.39 is 16.3 Å². The molecule has 1 aromatic rings. The Hall–Kier alpha value is -2.97. The highest BCUT2D eigenvalue weighted by Gasteiger charge is 2.26. The van der Waals surface area contributed by atoms with E-state index in [9.17, 15) is 24.1 Å². The summed E-state index contributed by atoms with van der Waals surface area (Å²) < 4.78 is 18.6. The molecular formula is C21H28FN3O5. The van der Waals surface area contributed by atoms with Gasteiger partial charge in [0.15, 0.2) is 0 Å². The number of rotatable bonds is 5. The van der Waals surface area contributed by atoms with Gasteiger partial charge < -0.3 is 14.5 Å². The molecule has 1 aliphatic heterocycles. The minimum Gasteiger partial charge on any atom is -0.444 e. The predicted octanol–water partition coefficient (Wildman–Crippen LogP) is 3.85. The van der Waals surface area contributed by atoms with Crippen molar-refractivity contribution in [2.75, 3.05) is 26.7 Å². The first-order chi connectivity index (χ1) is 14.0. The van der Waals surface area contributed by atoms with Crippen LogP contribution in [0.1, 0.15) is 39.2 Å². The molecule has 1 saturated heterocycles. The monoisotopic (exact) mass is 421 g/mol. The molecule has 0 spiro atoms. The second-order valence-corrected chi connectivity index (χ2v) is 8.42. The van der Waals surface area contributed by atoms with E-state index in [0.717, 1.165) is 25.0 Å². The SMILES string of the molecule is CN(CC1CCN(C(=O)/C=C/c2ccc(F)cc2[N+](=O)[O-])CC1)C(=O)OC(C)(C)C. The maximum atomic E-state index is 13.2. The molecule has 0 radical (unpaired) electrons. The number of carbonyl (C=O) groups excluding carboxylic acids is 2. The molecule has 30 heavy (non-hydrogen) atoms. The molecule has 1 aliphatic rings. The van der Waals surface area contributed by atoms with Gasteiger partial charge in [-0.15, -0.1) is 0 Å². The van der Waals surface area contributed by atoms with Gasteiger partial charge >= 0.3 is 6.09 Å². The first-order valence-corrected chi connectivity index (χ1v) is 9.81. The first-order valence-electron chi connectivity index (χ1n) is 9.81. The number of amides is 2. The van der Waals surface area contributed by atoms with Crippen molar-refractivity contribution in [1.82, 2.24) is 9.80 Å². The van der Waals surface area contributed by atoms with Gasteiger partial charge in [0.2, 0.25) is 5.91 Å². The Balaban J connectivity index is 1.88. The zero-order valence-corrected chi connectivity index (χ0v) is 17.8. The second-order valence-electron chi connectivity index (χ2n) is 8.42. The Kier molecular flexibility index (Phi) is 7.53. The third-order valence-corrected chi connectivity index (χ3v) is 4.76. The lowest BCUT2D eigenvalue weighted by Gasteiger charge is -2.34. The van der Waals surface area contributed by atoms with Crippen molar-refractivity contribution in [3.63, 3.8) is 0 Å². The van der Waals surface area contributed by atoms with E-state index in [2.05, 4.69) is 0 Å². The first kappa shape index (κ1) is 23.3. The van der Waals surface area contributed by atoms with Crippen molar-refractivity contribution in [3.05, 3.63) is 45.8 Å². The molecule has 9 heteroatoms. The molecule has 0 bridgehead atoms. The summed E-state index contributed by atoms with van der Waals surface area (Å²) in [5, 5.41) is 11.0. The number of nitro benzene ring substituents is 1. The van der Waals surface area contributed by atoms with Crippen LogP contribution in [0.15, 0.2) is 24.3 Å². The Labute approximate surface area is 175 Å². The van der Waals surface area contributed by atoms with Crippen LogP contribution in [-0.2, 0) is 9.53 Å². The number of nitrogens with zero attached hydrogens (tertiary/aromatic N) is 3. The standard InChI is InChI=1S/C21H28FN3O5/c1-21(2,3)30-20(27)23(4)14-15-9-11-24(12-10-15)19(26)8-6-16-5-7-17(22)13-18(16)25(28)29/h5-8,13,15H,9-12,14H2,1-4H3/b8-6+. The molecule has 0 unspecified atom stereocenters. The number of hydrogen-bond donors (Lipinski definition) is 0. The van der Waals surface area contributed by atoms with Gasteiger partial charge in [-0.2, -0.15) is 0 Å². The summed E-state index contributed by atoms with van der Waals surface area (Å²) in [6.07, 6.45) is 3.72. The van der Waals surface area contributed by atoms with Gasteiger partial charge in [0, 0.05) is 32.8 Å². The Morgan fingerprint density at radius 1 is 1.33 bits per heavy atom. The van der Waals surface area contributed by atoms with Crippen molar-refractivity contribution in [2.24, 2.45) is 5.92 Å². The molecule has 8 nitrogen and oxygen atoms in total. The van der Waals surface area contributed by atoms with Crippen molar-refractivity contribution < 1.29 is 23.6 Å². The van der Waals surface area contributed by atoms with E-state index in [0.29, 0.717) is 19.6 Å². The minimum absolute atomic E-state index is 0.170. The second kappa shape index (κ2) is 9.69. The quantitative estimate of drug-likeness (QED) is 0.409. The van der Waals surface area contributed by atoms with E-state index in [1.165, 1.54) is 18.2 Å². The van der Waals surface area contributed by atoms with Crippen molar-refractivity contribution in [2.45, 2.75) is 39.2 Å². The van der Waals surface area contributed by atoms with Crippen LogP contribution < -0.4 is 0 Å². The topological polar surface area (TPSA) is 93.0 Å². The number of hydrogen-bond acceptors (Lipinski definition) is 5. The smallest absolute Gasteiger partial charge is 0.410 e. The molecule has 2 amide bonds. The summed E-state index contributed by atoms with van der Waals surface area (Å²) in [4.78, 5) is 38.1. The fourth-order valence-corrected chi connectivity index (χ4v) is 3.22. The summed E-state index contributed by atoms with van der Waals surface area (Å²) in [6, 6.07) is 3.22. The maximum Gasteiger partial charge on any atom is 0.410 e. The fraction of sp³-hybridized carbons (Fsp3) is 0.524. The molecule has 0 N–H and O–H groups in total. The van der Waals surface area contributed by atoms with Gasteiger partial charge in [0.05, 0.1) is 16.6 Å². The van der Waals surface area contributed by atoms with Gasteiger partial charge in [-0.25, -0.2) is 9.18 Å². The molecule has 0 aromatic heterocycles. The Morgan fingerprint density at radius 3 is 2.53 bits per heavy atom. The number of benzene rings is 1.